The summed E-state index contributed by atoms with van der Waals surface area (Å²) in [4.78, 5) is 4.42. The topological polar surface area (TPSA) is 42.3 Å². The van der Waals surface area contributed by atoms with Crippen LogP contribution >= 0.6 is 27.3 Å². The Balaban J connectivity index is 2.52. The van der Waals surface area contributed by atoms with Gasteiger partial charge in [0, 0.05) is 10.9 Å². The molecule has 20 heavy (non-hydrogen) atoms. The van der Waals surface area contributed by atoms with E-state index >= 15 is 0 Å². The van der Waals surface area contributed by atoms with Crippen molar-refractivity contribution < 1.29 is 4.21 Å². The van der Waals surface area contributed by atoms with E-state index in [1.165, 1.54) is 0 Å². The zero-order valence-electron chi connectivity index (χ0n) is 11.5. The van der Waals surface area contributed by atoms with E-state index in [4.69, 9.17) is 0 Å². The molecule has 0 unspecified atom stereocenters. The first-order valence-corrected chi connectivity index (χ1v) is 8.88. The summed E-state index contributed by atoms with van der Waals surface area (Å²) >= 11 is 4.94. The van der Waals surface area contributed by atoms with E-state index in [2.05, 4.69) is 25.3 Å². The summed E-state index contributed by atoms with van der Waals surface area (Å²) in [6.45, 7) is 5.73. The number of nitrogens with zero attached hydrogens (tertiary/aromatic N) is 2. The molecule has 2 heterocycles. The minimum atomic E-state index is -1.32. The second-order valence-corrected chi connectivity index (χ2v) is 8.66. The maximum atomic E-state index is 12.3. The van der Waals surface area contributed by atoms with Gasteiger partial charge in [-0.05, 0) is 60.3 Å². The number of hydrogen-bond acceptors (Lipinski definition) is 3. The summed E-state index contributed by atoms with van der Waals surface area (Å²) in [5.74, 6) is 0. The summed E-state index contributed by atoms with van der Waals surface area (Å²) in [6.07, 6.45) is 0. The van der Waals surface area contributed by atoms with Crippen molar-refractivity contribution in [3.8, 4) is 0 Å². The maximum Gasteiger partial charge on any atom is 0.145 e. The summed E-state index contributed by atoms with van der Waals surface area (Å²) in [6, 6.07) is 7.59. The van der Waals surface area contributed by atoms with E-state index in [1.807, 2.05) is 55.8 Å². The van der Waals surface area contributed by atoms with Gasteiger partial charge in [0.2, 0.25) is 0 Å². The van der Waals surface area contributed by atoms with Crippen LogP contribution in [0, 0.1) is 0 Å². The lowest BCUT2D eigenvalue weighted by Crippen LogP contribution is -2.21. The van der Waals surface area contributed by atoms with Crippen LogP contribution in [-0.4, -0.2) is 19.7 Å². The number of thiophene rings is 1. The van der Waals surface area contributed by atoms with Crippen LogP contribution in [-0.2, 0) is 11.0 Å². The van der Waals surface area contributed by atoms with Gasteiger partial charge in [0.05, 0.1) is 10.4 Å². The lowest BCUT2D eigenvalue weighted by molar-refractivity contribution is 0.650. The Morgan fingerprint density at radius 3 is 2.65 bits per heavy atom. The molecule has 1 atom stereocenters. The van der Waals surface area contributed by atoms with Gasteiger partial charge in [-0.15, -0.1) is 0 Å². The van der Waals surface area contributed by atoms with Crippen LogP contribution in [0.15, 0.2) is 44.0 Å². The highest BCUT2D eigenvalue weighted by Gasteiger charge is 2.21. The van der Waals surface area contributed by atoms with Crippen LogP contribution in [0.2, 0.25) is 0 Å². The van der Waals surface area contributed by atoms with Crippen molar-refractivity contribution in [2.24, 2.45) is 4.40 Å². The van der Waals surface area contributed by atoms with Gasteiger partial charge < -0.3 is 0 Å². The Bertz CT molecular complexity index is 645. The summed E-state index contributed by atoms with van der Waals surface area (Å²) in [5.41, 5.74) is 2.33. The van der Waals surface area contributed by atoms with Gasteiger partial charge in [-0.1, -0.05) is 6.07 Å². The molecule has 2 aromatic heterocycles. The second kappa shape index (κ2) is 6.28. The monoisotopic (exact) mass is 370 g/mol. The van der Waals surface area contributed by atoms with Crippen LogP contribution in [0.1, 0.15) is 32.0 Å². The van der Waals surface area contributed by atoms with E-state index in [1.54, 1.807) is 11.3 Å². The smallest absolute Gasteiger partial charge is 0.145 e. The average Bonchev–Trinajstić information content (AvgIpc) is 2.88. The molecule has 0 fully saturated rings. The molecule has 106 valence electrons. The van der Waals surface area contributed by atoms with Crippen molar-refractivity contribution in [2.45, 2.75) is 25.5 Å². The van der Waals surface area contributed by atoms with Crippen molar-refractivity contribution in [1.29, 1.82) is 0 Å². The Kier molecular flexibility index (Phi) is 4.88. The first-order valence-electron chi connectivity index (χ1n) is 6.04. The molecule has 0 aliphatic carbocycles. The normalized spacial score (nSPS) is 14.3. The number of aromatic nitrogens is 1. The molecular formula is C14H15BrN2OS2. The van der Waals surface area contributed by atoms with Crippen LogP contribution < -0.4 is 0 Å². The van der Waals surface area contributed by atoms with Crippen LogP contribution in [0.4, 0.5) is 0 Å². The second-order valence-electron chi connectivity index (χ2n) is 5.16. The molecule has 3 nitrogen and oxygen atoms in total. The van der Waals surface area contributed by atoms with E-state index < -0.39 is 15.7 Å². The van der Waals surface area contributed by atoms with Crippen LogP contribution in [0.3, 0.4) is 0 Å². The van der Waals surface area contributed by atoms with Crippen LogP contribution in [0.5, 0.6) is 0 Å². The minimum Gasteiger partial charge on any atom is -0.239 e. The van der Waals surface area contributed by atoms with Crippen molar-refractivity contribution in [3.05, 3.63) is 50.9 Å². The van der Waals surface area contributed by atoms with E-state index in [9.17, 15) is 4.21 Å². The van der Waals surface area contributed by atoms with Gasteiger partial charge in [0.15, 0.2) is 0 Å². The molecule has 0 N–H and O–H groups in total. The molecule has 0 radical (unpaired) electrons. The number of pyridine rings is 1. The molecule has 0 spiro atoms. The number of halogens is 1. The summed E-state index contributed by atoms with van der Waals surface area (Å²) in [7, 11) is -1.32. The first-order chi connectivity index (χ1) is 9.38. The van der Waals surface area contributed by atoms with Crippen molar-refractivity contribution in [2.75, 3.05) is 0 Å². The van der Waals surface area contributed by atoms with Crippen molar-refractivity contribution in [1.82, 2.24) is 4.98 Å². The largest absolute Gasteiger partial charge is 0.239 e. The third-order valence-corrected chi connectivity index (χ3v) is 4.97. The van der Waals surface area contributed by atoms with Crippen molar-refractivity contribution in [3.63, 3.8) is 0 Å². The van der Waals surface area contributed by atoms with Gasteiger partial charge in [-0.25, -0.2) is 9.19 Å². The standard InChI is InChI=1S/C14H15BrN2OS2/c1-14(2,3)20(18)17-13(10-7-8-19-9-10)11-5-4-6-12(15)16-11/h4-9H,1-3H3/t20-/m1/s1. The third-order valence-electron chi connectivity index (χ3n) is 2.45. The zero-order valence-corrected chi connectivity index (χ0v) is 14.7. The van der Waals surface area contributed by atoms with E-state index in [-0.39, 0.29) is 0 Å². The molecule has 2 aromatic rings. The van der Waals surface area contributed by atoms with Gasteiger partial charge in [-0.3, -0.25) is 0 Å². The molecule has 0 bridgehead atoms. The Hall–Kier alpha value is -0.850. The highest BCUT2D eigenvalue weighted by atomic mass is 79.9. The van der Waals surface area contributed by atoms with Gasteiger partial charge in [0.1, 0.15) is 21.3 Å². The number of rotatable bonds is 3. The highest BCUT2D eigenvalue weighted by molar-refractivity contribution is 9.10. The van der Waals surface area contributed by atoms with Gasteiger partial charge >= 0.3 is 0 Å². The Labute approximate surface area is 133 Å². The lowest BCUT2D eigenvalue weighted by atomic mass is 10.1. The van der Waals surface area contributed by atoms with Gasteiger partial charge in [0.25, 0.3) is 0 Å². The van der Waals surface area contributed by atoms with E-state index in [0.717, 1.165) is 15.9 Å². The average molecular weight is 371 g/mol. The zero-order chi connectivity index (χ0) is 14.8. The molecule has 6 heteroatoms. The van der Waals surface area contributed by atoms with Crippen LogP contribution in [0.25, 0.3) is 0 Å². The molecule has 0 amide bonds. The molecule has 2 rings (SSSR count). The predicted octanol–water partition coefficient (Wildman–Crippen LogP) is 4.21. The molecule has 0 aliphatic rings. The fraction of sp³-hybridized carbons (Fsp3) is 0.286. The molecule has 0 aromatic carbocycles. The number of hydrogen-bond donors (Lipinski definition) is 0. The fourth-order valence-corrected chi connectivity index (χ4v) is 3.03. The third kappa shape index (κ3) is 3.84. The predicted molar refractivity (Wildman–Crippen MR) is 89.8 cm³/mol. The first kappa shape index (κ1) is 15.5. The summed E-state index contributed by atoms with van der Waals surface area (Å²) < 4.78 is 17.1. The SMILES string of the molecule is CC(C)(C)[S@@](=O)N=C(c1ccsc1)c1cccc(Br)n1. The molecule has 0 aliphatic heterocycles. The van der Waals surface area contributed by atoms with E-state index in [0.29, 0.717) is 5.71 Å². The molecule has 0 saturated carbocycles. The van der Waals surface area contributed by atoms with Gasteiger partial charge in [-0.2, -0.15) is 15.7 Å². The molecular weight excluding hydrogens is 356 g/mol. The van der Waals surface area contributed by atoms with Crippen molar-refractivity contribution >= 4 is 44.0 Å². The lowest BCUT2D eigenvalue weighted by Gasteiger charge is -2.14. The highest BCUT2D eigenvalue weighted by Crippen LogP contribution is 2.19. The minimum absolute atomic E-state index is 0.396. The Morgan fingerprint density at radius 1 is 1.35 bits per heavy atom. The summed E-state index contributed by atoms with van der Waals surface area (Å²) in [5, 5.41) is 3.96. The quantitative estimate of drug-likeness (QED) is 0.599. The fourth-order valence-electron chi connectivity index (χ4n) is 1.41. The Morgan fingerprint density at radius 2 is 2.10 bits per heavy atom. The maximum absolute atomic E-state index is 12.3. The molecule has 0 saturated heterocycles.